The van der Waals surface area contributed by atoms with Crippen LogP contribution in [0.4, 0.5) is 0 Å². The van der Waals surface area contributed by atoms with Crippen molar-refractivity contribution in [2.24, 2.45) is 0 Å². The molecule has 20 heavy (non-hydrogen) atoms. The Hall–Kier alpha value is -0.490. The van der Waals surface area contributed by atoms with Crippen molar-refractivity contribution in [3.05, 3.63) is 0 Å². The predicted octanol–water partition coefficient (Wildman–Crippen LogP) is -11.6. The van der Waals surface area contributed by atoms with Gasteiger partial charge >= 0.3 is 0 Å². The van der Waals surface area contributed by atoms with Crippen LogP contribution in [0, 0.1) is 0 Å². The quantitative estimate of drug-likeness (QED) is 0.351. The molecule has 0 aromatic carbocycles. The first-order valence-electron chi connectivity index (χ1n) is 0.730. The molecule has 0 aromatic rings. The molecule has 0 aromatic heterocycles. The maximum absolute atomic E-state index is 8.55. The molecule has 0 radical (unpaired) electrons. The summed E-state index contributed by atoms with van der Waals surface area (Å²) in [4.78, 5) is 25.6. The van der Waals surface area contributed by atoms with Crippen molar-refractivity contribution in [3.8, 4) is 0 Å². The summed E-state index contributed by atoms with van der Waals surface area (Å²) in [5, 5.41) is 0. The Kier molecular flexibility index (Phi) is 5070. The van der Waals surface area contributed by atoms with Crippen LogP contribution in [0.3, 0.4) is 0 Å². The van der Waals surface area contributed by atoms with Crippen LogP contribution in [-0.2, 0) is 4.57 Å². The van der Waals surface area contributed by atoms with Gasteiger partial charge in [0.25, 0.3) is 0 Å². The van der Waals surface area contributed by atoms with E-state index in [1.54, 1.807) is 0 Å². The van der Waals surface area contributed by atoms with E-state index < -0.39 is 7.82 Å². The van der Waals surface area contributed by atoms with Crippen LogP contribution in [0.1, 0.15) is 0 Å². The molecule has 0 aliphatic rings. The van der Waals surface area contributed by atoms with Gasteiger partial charge in [0.15, 0.2) is 0 Å². The molecular weight excluding hydrogens is 329 g/mol. The molecule has 0 fully saturated rings. The highest BCUT2D eigenvalue weighted by atomic mass is 31.2. The molecule has 20 heteroatoms. The van der Waals surface area contributed by atoms with Crippen LogP contribution in [0.2, 0.25) is 0 Å². The van der Waals surface area contributed by atoms with Crippen LogP contribution >= 0.6 is 7.82 Å². The number of hydrogen-bond donors (Lipinski definition) is 3. The molecule has 0 bridgehead atoms. The van der Waals surface area contributed by atoms with Gasteiger partial charge < -0.3 is 103 Å². The van der Waals surface area contributed by atoms with Crippen molar-refractivity contribution in [3.63, 3.8) is 0 Å². The lowest BCUT2D eigenvalue weighted by Gasteiger charge is -2.36. The zero-order valence-electron chi connectivity index (χ0n) is 11.1. The highest BCUT2D eigenvalue weighted by Gasteiger charge is 1.44. The van der Waals surface area contributed by atoms with Gasteiger partial charge in [-0.25, -0.2) is 0 Å². The maximum Gasteiger partial charge on any atom is -0.159 e. The standard InChI is InChI=1S/3H3N.H3O4P.12H2O/c;;;1-5(2,3)4;;;;;;;;;;;;/h3*1H3;(H3,1,2,3,4);12*1H2. The molecule has 36 N–H and O–H groups in total. The van der Waals surface area contributed by atoms with Crippen molar-refractivity contribution in [1.82, 2.24) is 18.5 Å². The lowest BCUT2D eigenvalue weighted by Crippen LogP contribution is -2.24. The van der Waals surface area contributed by atoms with Gasteiger partial charge in [-0.05, 0) is 0 Å². The SMILES string of the molecule is O.O.O.O.O.O.O.O.O.O.O.O.O=P([O-])([O-])[O-].[NH4+].[NH4+].[NH4+]. The molecule has 19 nitrogen and oxygen atoms in total. The summed E-state index contributed by atoms with van der Waals surface area (Å²) in [6.45, 7) is 0. The third-order valence-electron chi connectivity index (χ3n) is 0. The highest BCUT2D eigenvalue weighted by Crippen LogP contribution is 2.03. The first-order valence-corrected chi connectivity index (χ1v) is 2.19. The normalized spacial score (nSPS) is 2.95. The summed E-state index contributed by atoms with van der Waals surface area (Å²) in [6.07, 6.45) is 0. The molecule has 0 amide bonds. The zero-order valence-corrected chi connectivity index (χ0v) is 12.0. The molecular formula is H36N3O16P. The van der Waals surface area contributed by atoms with Gasteiger partial charge in [-0.3, -0.25) is 0 Å². The Bertz CT molecular complexity index is 63.9. The minimum atomic E-state index is -5.39. The minimum Gasteiger partial charge on any atom is -0.822 e. The fourth-order valence-electron chi connectivity index (χ4n) is 0. The summed E-state index contributed by atoms with van der Waals surface area (Å²) < 4.78 is 8.55. The Morgan fingerprint density at radius 3 is 0.400 bits per heavy atom. The first kappa shape index (κ1) is 543. The lowest BCUT2D eigenvalue weighted by molar-refractivity contribution is -0.432. The molecule has 0 saturated carbocycles. The number of rotatable bonds is 0. The van der Waals surface area contributed by atoms with Crippen molar-refractivity contribution < 1.29 is 85.0 Å². The van der Waals surface area contributed by atoms with Gasteiger partial charge in [0.2, 0.25) is 0 Å². The highest BCUT2D eigenvalue weighted by molar-refractivity contribution is 7.40. The van der Waals surface area contributed by atoms with E-state index in [-0.39, 0.29) is 84.2 Å². The van der Waals surface area contributed by atoms with Crippen molar-refractivity contribution >= 4 is 7.82 Å². The van der Waals surface area contributed by atoms with Crippen molar-refractivity contribution in [1.29, 1.82) is 0 Å². The van der Waals surface area contributed by atoms with Crippen LogP contribution in [0.15, 0.2) is 0 Å². The van der Waals surface area contributed by atoms with Gasteiger partial charge in [0, 0.05) is 0 Å². The molecule has 0 unspecified atom stereocenters. The third kappa shape index (κ3) is 19900. The molecule has 0 heterocycles. The van der Waals surface area contributed by atoms with Gasteiger partial charge in [0.05, 0.1) is 0 Å². The molecule has 0 spiro atoms. The van der Waals surface area contributed by atoms with E-state index in [0.29, 0.717) is 0 Å². The van der Waals surface area contributed by atoms with Crippen LogP contribution in [0.25, 0.3) is 0 Å². The van der Waals surface area contributed by atoms with E-state index in [0.717, 1.165) is 0 Å². The summed E-state index contributed by atoms with van der Waals surface area (Å²) in [7, 11) is -5.39. The van der Waals surface area contributed by atoms with E-state index in [2.05, 4.69) is 0 Å². The smallest absolute Gasteiger partial charge is 0.159 e. The topological polar surface area (TPSA) is 574 Å². The first-order chi connectivity index (χ1) is 2.00. The van der Waals surface area contributed by atoms with E-state index in [9.17, 15) is 0 Å². The summed E-state index contributed by atoms with van der Waals surface area (Å²) in [5.74, 6) is 0. The summed E-state index contributed by atoms with van der Waals surface area (Å²) in [6, 6.07) is 0. The number of phosphoric acid groups is 1. The second kappa shape index (κ2) is 187. The van der Waals surface area contributed by atoms with Gasteiger partial charge in [-0.1, -0.05) is 0 Å². The van der Waals surface area contributed by atoms with E-state index in [1.165, 1.54) is 0 Å². The van der Waals surface area contributed by atoms with Crippen molar-refractivity contribution in [2.75, 3.05) is 0 Å². The average Bonchev–Trinajstić information content (AvgIpc) is 0.722. The monoisotopic (exact) mass is 365 g/mol. The van der Waals surface area contributed by atoms with Crippen LogP contribution in [-0.4, -0.2) is 65.7 Å². The predicted molar refractivity (Wildman–Crippen MR) is 68.9 cm³/mol. The van der Waals surface area contributed by atoms with Crippen LogP contribution < -0.4 is 33.1 Å². The number of hydrogen-bond acceptors (Lipinski definition) is 4. The Balaban J connectivity index is -0.000000000762. The fraction of sp³-hybridized carbons (Fsp3) is 0. The number of quaternary nitrogens is 3. The Morgan fingerprint density at radius 2 is 0.400 bits per heavy atom. The second-order valence-corrected chi connectivity index (χ2v) is 1.34. The molecule has 0 atom stereocenters. The van der Waals surface area contributed by atoms with E-state index >= 15 is 0 Å². The molecule has 0 aliphatic heterocycles. The van der Waals surface area contributed by atoms with E-state index in [1.807, 2.05) is 0 Å². The fourth-order valence-corrected chi connectivity index (χ4v) is 0. The maximum atomic E-state index is 8.55. The molecule has 0 saturated heterocycles. The third-order valence-corrected chi connectivity index (χ3v) is 0. The minimum absolute atomic E-state index is 0. The lowest BCUT2D eigenvalue weighted by atomic mass is 14.0. The van der Waals surface area contributed by atoms with E-state index in [4.69, 9.17) is 19.2 Å². The largest absolute Gasteiger partial charge is 0.822 e. The molecule has 152 valence electrons. The summed E-state index contributed by atoms with van der Waals surface area (Å²) >= 11 is 0. The second-order valence-electron chi connectivity index (χ2n) is 0.447. The van der Waals surface area contributed by atoms with Crippen LogP contribution in [0.5, 0.6) is 0 Å². The molecule has 0 rings (SSSR count). The van der Waals surface area contributed by atoms with Crippen molar-refractivity contribution in [2.45, 2.75) is 0 Å². The zero-order chi connectivity index (χ0) is 4.50. The van der Waals surface area contributed by atoms with Gasteiger partial charge in [0.1, 0.15) is 0 Å². The molecule has 0 aliphatic carbocycles. The summed E-state index contributed by atoms with van der Waals surface area (Å²) in [5.41, 5.74) is 0. The average molecular weight is 365 g/mol. The van der Waals surface area contributed by atoms with Gasteiger partial charge in [-0.15, -0.1) is 0 Å². The van der Waals surface area contributed by atoms with Gasteiger partial charge in [-0.2, -0.15) is 7.82 Å². The Morgan fingerprint density at radius 1 is 0.400 bits per heavy atom. The Labute approximate surface area is 112 Å².